The lowest BCUT2D eigenvalue weighted by Crippen LogP contribution is -2.46. The Morgan fingerprint density at radius 2 is 1.69 bits per heavy atom. The van der Waals surface area contributed by atoms with Crippen LogP contribution in [0.5, 0.6) is 0 Å². The molecule has 26 heavy (non-hydrogen) atoms. The molecule has 0 aromatic heterocycles. The van der Waals surface area contributed by atoms with Gasteiger partial charge in [0.2, 0.25) is 5.91 Å². The number of ketones is 1. The number of nitrogens with zero attached hydrogens (tertiary/aromatic N) is 1. The minimum atomic E-state index is -1.28. The van der Waals surface area contributed by atoms with Gasteiger partial charge in [-0.1, -0.05) is 29.7 Å². The quantitative estimate of drug-likeness (QED) is 0.503. The molecular formula is C17H23BN2O6. The first-order chi connectivity index (χ1) is 12.0. The number of aliphatic carboxylic acids is 1. The molecule has 0 aliphatic carbocycles. The van der Waals surface area contributed by atoms with Gasteiger partial charge in [-0.05, 0) is 20.8 Å². The molecular weight excluding hydrogens is 339 g/mol. The molecule has 2 amide bonds. The van der Waals surface area contributed by atoms with Gasteiger partial charge in [0.15, 0.2) is 5.78 Å². The van der Waals surface area contributed by atoms with Gasteiger partial charge in [0.05, 0.1) is 6.54 Å². The molecule has 0 unspecified atom stereocenters. The predicted molar refractivity (Wildman–Crippen MR) is 97.4 cm³/mol. The van der Waals surface area contributed by atoms with Crippen molar-refractivity contribution in [1.82, 2.24) is 10.2 Å². The number of carbonyl (C=O) groups excluding carboxylic acids is 3. The highest BCUT2D eigenvalue weighted by Gasteiger charge is 2.25. The molecule has 0 saturated carbocycles. The summed E-state index contributed by atoms with van der Waals surface area (Å²) < 4.78 is 5.08. The van der Waals surface area contributed by atoms with Crippen LogP contribution in [0.25, 0.3) is 0 Å². The van der Waals surface area contributed by atoms with Gasteiger partial charge in [-0.15, -0.1) is 0 Å². The largest absolute Gasteiger partial charge is 0.480 e. The molecule has 1 rings (SSSR count). The Kier molecular flexibility index (Phi) is 7.36. The second-order valence-corrected chi connectivity index (χ2v) is 6.80. The number of carbonyl (C=O) groups is 4. The van der Waals surface area contributed by atoms with Crippen LogP contribution in [-0.4, -0.2) is 66.8 Å². The molecule has 0 aliphatic heterocycles. The van der Waals surface area contributed by atoms with Crippen molar-refractivity contribution in [1.29, 1.82) is 0 Å². The molecule has 8 nitrogen and oxygen atoms in total. The molecule has 0 atom stereocenters. The van der Waals surface area contributed by atoms with Gasteiger partial charge >= 0.3 is 12.1 Å². The van der Waals surface area contributed by atoms with Gasteiger partial charge in [0.25, 0.3) is 0 Å². The average molecular weight is 362 g/mol. The third-order valence-electron chi connectivity index (χ3n) is 3.13. The van der Waals surface area contributed by atoms with E-state index in [0.717, 1.165) is 10.4 Å². The molecule has 0 spiro atoms. The third kappa shape index (κ3) is 7.82. The third-order valence-corrected chi connectivity index (χ3v) is 3.13. The number of hydrogen-bond donors (Lipinski definition) is 2. The SMILES string of the molecule is Bc1ccc(C(=O)CNC(=O)CN(CC(=O)O)C(=O)OC(C)(C)C)cc1. The van der Waals surface area contributed by atoms with E-state index in [2.05, 4.69) is 5.32 Å². The summed E-state index contributed by atoms with van der Waals surface area (Å²) in [5, 5.41) is 11.3. The smallest absolute Gasteiger partial charge is 0.411 e. The minimum Gasteiger partial charge on any atom is -0.480 e. The van der Waals surface area contributed by atoms with Crippen molar-refractivity contribution < 1.29 is 29.0 Å². The number of carboxylic acid groups (broad SMARTS) is 1. The minimum absolute atomic E-state index is 0.253. The summed E-state index contributed by atoms with van der Waals surface area (Å²) in [6.07, 6.45) is -0.917. The van der Waals surface area contributed by atoms with E-state index < -0.39 is 36.7 Å². The predicted octanol–water partition coefficient (Wildman–Crippen LogP) is -0.434. The Balaban J connectivity index is 2.62. The highest BCUT2D eigenvalue weighted by Crippen LogP contribution is 2.09. The van der Waals surface area contributed by atoms with Gasteiger partial charge in [-0.3, -0.25) is 19.3 Å². The topological polar surface area (TPSA) is 113 Å². The van der Waals surface area contributed by atoms with Crippen molar-refractivity contribution in [2.45, 2.75) is 26.4 Å². The van der Waals surface area contributed by atoms with Crippen molar-refractivity contribution in [2.24, 2.45) is 0 Å². The van der Waals surface area contributed by atoms with E-state index in [4.69, 9.17) is 9.84 Å². The zero-order valence-corrected chi connectivity index (χ0v) is 15.4. The number of amides is 2. The Labute approximate surface area is 152 Å². The Morgan fingerprint density at radius 3 is 2.19 bits per heavy atom. The molecule has 0 radical (unpaired) electrons. The molecule has 1 aromatic carbocycles. The highest BCUT2D eigenvalue weighted by atomic mass is 16.6. The molecule has 140 valence electrons. The molecule has 0 heterocycles. The van der Waals surface area contributed by atoms with Crippen molar-refractivity contribution in [3.8, 4) is 0 Å². The zero-order valence-electron chi connectivity index (χ0n) is 15.4. The normalized spacial score (nSPS) is 10.7. The summed E-state index contributed by atoms with van der Waals surface area (Å²) in [6.45, 7) is 3.42. The summed E-state index contributed by atoms with van der Waals surface area (Å²) in [7, 11) is 1.89. The van der Waals surface area contributed by atoms with E-state index >= 15 is 0 Å². The van der Waals surface area contributed by atoms with Gasteiger partial charge in [0, 0.05) is 5.56 Å². The first kappa shape index (κ1) is 21.2. The van der Waals surface area contributed by atoms with Crippen molar-refractivity contribution in [2.75, 3.05) is 19.6 Å². The van der Waals surface area contributed by atoms with E-state index in [1.807, 2.05) is 7.85 Å². The molecule has 2 N–H and O–H groups in total. The second kappa shape index (κ2) is 9.03. The summed E-state index contributed by atoms with van der Waals surface area (Å²) in [6, 6.07) is 6.88. The number of hydrogen-bond acceptors (Lipinski definition) is 5. The van der Waals surface area contributed by atoms with Crippen molar-refractivity contribution in [3.05, 3.63) is 29.8 Å². The molecule has 0 bridgehead atoms. The van der Waals surface area contributed by atoms with E-state index in [-0.39, 0.29) is 12.3 Å². The fourth-order valence-corrected chi connectivity index (χ4v) is 1.92. The maximum atomic E-state index is 12.0. The van der Waals surface area contributed by atoms with Gasteiger partial charge in [0.1, 0.15) is 26.5 Å². The first-order valence-electron chi connectivity index (χ1n) is 8.04. The molecule has 0 saturated heterocycles. The lowest BCUT2D eigenvalue weighted by atomic mass is 9.94. The number of nitrogens with one attached hydrogen (secondary N) is 1. The lowest BCUT2D eigenvalue weighted by molar-refractivity contribution is -0.138. The van der Waals surface area contributed by atoms with E-state index in [9.17, 15) is 19.2 Å². The average Bonchev–Trinajstić information content (AvgIpc) is 2.50. The van der Waals surface area contributed by atoms with Crippen LogP contribution < -0.4 is 10.8 Å². The van der Waals surface area contributed by atoms with Crippen LogP contribution in [-0.2, 0) is 14.3 Å². The molecule has 9 heteroatoms. The molecule has 1 aromatic rings. The van der Waals surface area contributed by atoms with Crippen LogP contribution in [0.15, 0.2) is 24.3 Å². The van der Waals surface area contributed by atoms with E-state index in [0.29, 0.717) is 5.56 Å². The maximum Gasteiger partial charge on any atom is 0.411 e. The van der Waals surface area contributed by atoms with Crippen LogP contribution in [0.1, 0.15) is 31.1 Å². The molecule has 0 aliphatic rings. The zero-order chi connectivity index (χ0) is 19.9. The monoisotopic (exact) mass is 362 g/mol. The van der Waals surface area contributed by atoms with E-state index in [1.54, 1.807) is 45.0 Å². The van der Waals surface area contributed by atoms with Crippen molar-refractivity contribution >= 4 is 37.1 Å². The number of Topliss-reactive ketones (excluding diaryl/α,β-unsaturated/α-hetero) is 1. The Bertz CT molecular complexity index is 681. The van der Waals surface area contributed by atoms with Crippen LogP contribution in [0.4, 0.5) is 4.79 Å². The fourth-order valence-electron chi connectivity index (χ4n) is 1.92. The summed E-state index contributed by atoms with van der Waals surface area (Å²) in [4.78, 5) is 47.7. The standard InChI is InChI=1S/C17H23BN2O6/c1-17(2,3)26-16(25)20(10-15(23)24)9-14(22)19-8-13(21)11-4-6-12(18)7-5-11/h4-7H,8-10,18H2,1-3H3,(H,19,22)(H,23,24). The lowest BCUT2D eigenvalue weighted by Gasteiger charge is -2.25. The highest BCUT2D eigenvalue weighted by molar-refractivity contribution is 6.32. The van der Waals surface area contributed by atoms with Crippen LogP contribution >= 0.6 is 0 Å². The van der Waals surface area contributed by atoms with Gasteiger partial charge in [-0.2, -0.15) is 0 Å². The Hall–Kier alpha value is -2.84. The second-order valence-electron chi connectivity index (χ2n) is 6.80. The molecule has 0 fully saturated rings. The van der Waals surface area contributed by atoms with Gasteiger partial charge < -0.3 is 15.2 Å². The van der Waals surface area contributed by atoms with E-state index in [1.165, 1.54) is 0 Å². The summed E-state index contributed by atoms with van der Waals surface area (Å²) >= 11 is 0. The summed E-state index contributed by atoms with van der Waals surface area (Å²) in [5.41, 5.74) is 0.629. The van der Waals surface area contributed by atoms with Crippen LogP contribution in [0.2, 0.25) is 0 Å². The van der Waals surface area contributed by atoms with Crippen LogP contribution in [0.3, 0.4) is 0 Å². The number of benzene rings is 1. The van der Waals surface area contributed by atoms with Crippen LogP contribution in [0, 0.1) is 0 Å². The summed E-state index contributed by atoms with van der Waals surface area (Å²) in [5.74, 6) is -2.22. The maximum absolute atomic E-state index is 12.0. The van der Waals surface area contributed by atoms with Crippen molar-refractivity contribution in [3.63, 3.8) is 0 Å². The number of ether oxygens (including phenoxy) is 1. The fraction of sp³-hybridized carbons (Fsp3) is 0.412. The Morgan fingerprint density at radius 1 is 1.12 bits per heavy atom. The number of carboxylic acids is 1. The first-order valence-corrected chi connectivity index (χ1v) is 8.04. The van der Waals surface area contributed by atoms with Gasteiger partial charge in [-0.25, -0.2) is 4.79 Å². The number of rotatable bonds is 7.